The van der Waals surface area contributed by atoms with E-state index < -0.39 is 17.7 Å². The number of amides is 1. The van der Waals surface area contributed by atoms with Crippen molar-refractivity contribution >= 4 is 6.09 Å². The van der Waals surface area contributed by atoms with Gasteiger partial charge in [-0.15, -0.1) is 0 Å². The van der Waals surface area contributed by atoms with E-state index in [-0.39, 0.29) is 6.54 Å². The van der Waals surface area contributed by atoms with Crippen LogP contribution in [0.3, 0.4) is 0 Å². The summed E-state index contributed by atoms with van der Waals surface area (Å²) in [7, 11) is 0. The van der Waals surface area contributed by atoms with E-state index in [4.69, 9.17) is 4.84 Å². The molecule has 7 heteroatoms. The fraction of sp³-hybridized carbons (Fsp3) is 0.375. The van der Waals surface area contributed by atoms with E-state index in [0.717, 1.165) is 24.8 Å². The summed E-state index contributed by atoms with van der Waals surface area (Å²) in [5.41, 5.74) is 0.283. The number of hydrogen-bond acceptors (Lipinski definition) is 4. The van der Waals surface area contributed by atoms with Crippen molar-refractivity contribution in [3.63, 3.8) is 0 Å². The van der Waals surface area contributed by atoms with Crippen LogP contribution in [-0.2, 0) is 6.54 Å². The molecule has 1 aromatic heterocycles. The topological polar surface area (TPSA) is 85.5 Å². The van der Waals surface area contributed by atoms with Gasteiger partial charge in [0.15, 0.2) is 0 Å². The van der Waals surface area contributed by atoms with Crippen LogP contribution in [0.25, 0.3) is 0 Å². The van der Waals surface area contributed by atoms with Crippen molar-refractivity contribution in [3.8, 4) is 5.88 Å². The van der Waals surface area contributed by atoms with Crippen molar-refractivity contribution in [2.75, 3.05) is 6.54 Å². The van der Waals surface area contributed by atoms with Gasteiger partial charge in [-0.1, -0.05) is 54.8 Å². The highest BCUT2D eigenvalue weighted by Gasteiger charge is 2.15. The molecule has 0 bridgehead atoms. The Morgan fingerprint density at radius 2 is 2.00 bits per heavy atom. The Kier molecular flexibility index (Phi) is 5.85. The highest BCUT2D eigenvalue weighted by Crippen LogP contribution is 2.07. The lowest BCUT2D eigenvalue weighted by Crippen LogP contribution is -2.38. The van der Waals surface area contributed by atoms with Gasteiger partial charge in [0.2, 0.25) is 5.88 Å². The summed E-state index contributed by atoms with van der Waals surface area (Å²) in [4.78, 5) is 28.7. The van der Waals surface area contributed by atoms with Gasteiger partial charge in [-0.2, -0.15) is 0 Å². The molecular formula is C16H21N3O4. The molecule has 0 radical (unpaired) electrons. The normalized spacial score (nSPS) is 10.5. The van der Waals surface area contributed by atoms with Crippen molar-refractivity contribution < 1.29 is 14.7 Å². The van der Waals surface area contributed by atoms with E-state index in [0.29, 0.717) is 11.3 Å². The van der Waals surface area contributed by atoms with Crippen LogP contribution in [0.1, 0.15) is 31.7 Å². The van der Waals surface area contributed by atoms with Crippen LogP contribution in [0, 0.1) is 0 Å². The first-order valence-corrected chi connectivity index (χ1v) is 7.63. The van der Waals surface area contributed by atoms with Gasteiger partial charge < -0.3 is 15.3 Å². The van der Waals surface area contributed by atoms with Gasteiger partial charge in [0.25, 0.3) is 0 Å². The third kappa shape index (κ3) is 4.64. The van der Waals surface area contributed by atoms with Crippen LogP contribution in [0.2, 0.25) is 0 Å². The number of hydrogen-bond donors (Lipinski definition) is 2. The average Bonchev–Trinajstić information content (AvgIpc) is 2.80. The zero-order chi connectivity index (χ0) is 16.7. The standard InChI is InChI=1S/C16H21N3O4/c1-2-3-7-10-17-15(21)23-19-14(20)12-18(16(19)22)11-13-8-5-4-6-9-13/h4-6,8-9,12,20H,2-3,7,10-11H2,1H3,(H,17,21). The summed E-state index contributed by atoms with van der Waals surface area (Å²) >= 11 is 0. The molecule has 2 rings (SSSR count). The average molecular weight is 319 g/mol. The molecule has 1 heterocycles. The third-order valence-corrected chi connectivity index (χ3v) is 3.32. The molecule has 0 fully saturated rings. The van der Waals surface area contributed by atoms with E-state index in [1.807, 2.05) is 30.3 Å². The van der Waals surface area contributed by atoms with E-state index in [1.165, 1.54) is 10.8 Å². The Morgan fingerprint density at radius 1 is 1.26 bits per heavy atom. The maximum absolute atomic E-state index is 12.2. The predicted molar refractivity (Wildman–Crippen MR) is 85.4 cm³/mol. The van der Waals surface area contributed by atoms with Gasteiger partial charge in [0, 0.05) is 6.54 Å². The molecule has 0 aliphatic rings. The molecule has 2 N–H and O–H groups in total. The molecule has 1 aromatic carbocycles. The SMILES string of the molecule is CCCCCNC(=O)On1c(O)cn(Cc2ccccc2)c1=O. The molecule has 124 valence electrons. The zero-order valence-corrected chi connectivity index (χ0v) is 13.1. The van der Waals surface area contributed by atoms with Crippen molar-refractivity contribution in [1.29, 1.82) is 0 Å². The van der Waals surface area contributed by atoms with Gasteiger partial charge >= 0.3 is 11.8 Å². The van der Waals surface area contributed by atoms with Crippen LogP contribution >= 0.6 is 0 Å². The first-order chi connectivity index (χ1) is 11.1. The summed E-state index contributed by atoms with van der Waals surface area (Å²) in [5, 5.41) is 12.3. The molecule has 2 aromatic rings. The number of unbranched alkanes of at least 4 members (excludes halogenated alkanes) is 2. The molecule has 0 atom stereocenters. The first kappa shape index (κ1) is 16.7. The minimum atomic E-state index is -0.768. The number of nitrogens with zero attached hydrogens (tertiary/aromatic N) is 2. The Bertz CT molecular complexity index is 691. The molecule has 0 aliphatic heterocycles. The van der Waals surface area contributed by atoms with Crippen molar-refractivity contribution in [2.24, 2.45) is 0 Å². The monoisotopic (exact) mass is 319 g/mol. The second kappa shape index (κ2) is 8.07. The molecule has 0 aliphatic carbocycles. The maximum Gasteiger partial charge on any atom is 0.432 e. The number of rotatable bonds is 7. The Labute approximate surface area is 134 Å². The highest BCUT2D eigenvalue weighted by atomic mass is 16.7. The number of carbonyl (C=O) groups is 1. The van der Waals surface area contributed by atoms with Crippen LogP contribution in [0.4, 0.5) is 4.79 Å². The lowest BCUT2D eigenvalue weighted by molar-refractivity contribution is 0.115. The van der Waals surface area contributed by atoms with E-state index >= 15 is 0 Å². The fourth-order valence-electron chi connectivity index (χ4n) is 2.12. The maximum atomic E-state index is 12.2. The van der Waals surface area contributed by atoms with Gasteiger partial charge in [-0.3, -0.25) is 4.57 Å². The summed E-state index contributed by atoms with van der Waals surface area (Å²) in [6, 6.07) is 9.32. The zero-order valence-electron chi connectivity index (χ0n) is 13.1. The summed E-state index contributed by atoms with van der Waals surface area (Å²) in [5.74, 6) is -0.422. The number of carbonyl (C=O) groups excluding carboxylic acids is 1. The minimum Gasteiger partial charge on any atom is -0.491 e. The third-order valence-electron chi connectivity index (χ3n) is 3.32. The Hall–Kier alpha value is -2.70. The van der Waals surface area contributed by atoms with Crippen molar-refractivity contribution in [3.05, 3.63) is 52.6 Å². The van der Waals surface area contributed by atoms with E-state index in [9.17, 15) is 14.7 Å². The lowest BCUT2D eigenvalue weighted by atomic mass is 10.2. The number of aromatic hydroxyl groups is 1. The summed E-state index contributed by atoms with van der Waals surface area (Å²) in [6.45, 7) is 2.81. The van der Waals surface area contributed by atoms with Crippen molar-refractivity contribution in [1.82, 2.24) is 14.6 Å². The van der Waals surface area contributed by atoms with Crippen LogP contribution < -0.4 is 15.8 Å². The second-order valence-electron chi connectivity index (χ2n) is 5.19. The quantitative estimate of drug-likeness (QED) is 0.761. The Morgan fingerprint density at radius 3 is 2.70 bits per heavy atom. The summed E-state index contributed by atoms with van der Waals surface area (Å²) in [6.07, 6.45) is 3.34. The van der Waals surface area contributed by atoms with Crippen molar-refractivity contribution in [2.45, 2.75) is 32.7 Å². The van der Waals surface area contributed by atoms with E-state index in [1.54, 1.807) is 0 Å². The molecule has 23 heavy (non-hydrogen) atoms. The van der Waals surface area contributed by atoms with Crippen LogP contribution in [-0.4, -0.2) is 27.0 Å². The van der Waals surface area contributed by atoms with Gasteiger partial charge in [0.05, 0.1) is 12.7 Å². The van der Waals surface area contributed by atoms with Crippen LogP contribution in [0.5, 0.6) is 5.88 Å². The lowest BCUT2D eigenvalue weighted by Gasteiger charge is -2.06. The molecule has 1 amide bonds. The number of nitrogens with one attached hydrogen (secondary N) is 1. The molecular weight excluding hydrogens is 298 g/mol. The predicted octanol–water partition coefficient (Wildman–Crippen LogP) is 1.73. The molecule has 0 unspecified atom stereocenters. The number of benzene rings is 1. The number of aromatic nitrogens is 2. The van der Waals surface area contributed by atoms with Gasteiger partial charge in [-0.05, 0) is 12.0 Å². The van der Waals surface area contributed by atoms with Crippen LogP contribution in [0.15, 0.2) is 41.3 Å². The minimum absolute atomic E-state index is 0.279. The Balaban J connectivity index is 2.00. The summed E-state index contributed by atoms with van der Waals surface area (Å²) < 4.78 is 1.85. The van der Waals surface area contributed by atoms with Gasteiger partial charge in [-0.25, -0.2) is 9.59 Å². The molecule has 7 nitrogen and oxygen atoms in total. The molecule has 0 saturated heterocycles. The fourth-order valence-corrected chi connectivity index (χ4v) is 2.12. The van der Waals surface area contributed by atoms with E-state index in [2.05, 4.69) is 12.2 Å². The molecule has 0 spiro atoms. The first-order valence-electron chi connectivity index (χ1n) is 7.63. The van der Waals surface area contributed by atoms with Gasteiger partial charge in [0.1, 0.15) is 0 Å². The molecule has 0 saturated carbocycles. The second-order valence-corrected chi connectivity index (χ2v) is 5.19. The number of imidazole rings is 1. The highest BCUT2D eigenvalue weighted by molar-refractivity contribution is 5.67. The largest absolute Gasteiger partial charge is 0.491 e. The smallest absolute Gasteiger partial charge is 0.432 e.